The number of halogens is 1. The highest BCUT2D eigenvalue weighted by Crippen LogP contribution is 2.33. The van der Waals surface area contributed by atoms with Crippen LogP contribution in [0.5, 0.6) is 0 Å². The number of rotatable bonds is 5. The highest BCUT2D eigenvalue weighted by molar-refractivity contribution is 5.51. The van der Waals surface area contributed by atoms with Crippen LogP contribution in [0, 0.1) is 17.1 Å². The van der Waals surface area contributed by atoms with Gasteiger partial charge >= 0.3 is 0 Å². The predicted molar refractivity (Wildman–Crippen MR) is 82.9 cm³/mol. The molecule has 3 rings (SSSR count). The first-order valence-electron chi connectivity index (χ1n) is 7.37. The highest BCUT2D eigenvalue weighted by atomic mass is 19.1. The molecule has 0 aliphatic heterocycles. The monoisotopic (exact) mass is 296 g/mol. The fourth-order valence-corrected chi connectivity index (χ4v) is 2.56. The number of nitrogens with zero attached hydrogens (tertiary/aromatic N) is 2. The Balaban J connectivity index is 1.76. The van der Waals surface area contributed by atoms with Crippen LogP contribution in [-0.2, 0) is 0 Å². The fraction of sp³-hybridized carbons (Fsp3) is 0.278. The first-order valence-corrected chi connectivity index (χ1v) is 7.37. The van der Waals surface area contributed by atoms with E-state index in [1.165, 1.54) is 12.1 Å². The third kappa shape index (κ3) is 3.26. The molecular formula is C18H17FN2O. The third-order valence-corrected chi connectivity index (χ3v) is 3.94. The van der Waals surface area contributed by atoms with E-state index in [9.17, 15) is 9.50 Å². The van der Waals surface area contributed by atoms with Gasteiger partial charge in [-0.05, 0) is 54.8 Å². The van der Waals surface area contributed by atoms with Crippen LogP contribution in [0.4, 0.5) is 10.1 Å². The molecule has 112 valence electrons. The van der Waals surface area contributed by atoms with Crippen LogP contribution in [-0.4, -0.2) is 17.7 Å². The molecule has 3 nitrogen and oxygen atoms in total. The first-order chi connectivity index (χ1) is 10.7. The van der Waals surface area contributed by atoms with Gasteiger partial charge in [-0.1, -0.05) is 12.1 Å². The van der Waals surface area contributed by atoms with Crippen molar-refractivity contribution in [2.45, 2.75) is 25.0 Å². The van der Waals surface area contributed by atoms with Gasteiger partial charge in [0.15, 0.2) is 0 Å². The van der Waals surface area contributed by atoms with E-state index in [4.69, 9.17) is 5.26 Å². The van der Waals surface area contributed by atoms with Crippen LogP contribution in [0.3, 0.4) is 0 Å². The van der Waals surface area contributed by atoms with Gasteiger partial charge < -0.3 is 10.0 Å². The summed E-state index contributed by atoms with van der Waals surface area (Å²) in [4.78, 5) is 2.16. The zero-order chi connectivity index (χ0) is 15.5. The molecule has 1 saturated carbocycles. The van der Waals surface area contributed by atoms with Gasteiger partial charge in [-0.25, -0.2) is 4.39 Å². The Morgan fingerprint density at radius 3 is 2.32 bits per heavy atom. The van der Waals surface area contributed by atoms with E-state index in [1.54, 1.807) is 24.3 Å². The van der Waals surface area contributed by atoms with E-state index < -0.39 is 6.10 Å². The number of hydrogen-bond donors (Lipinski definition) is 1. The molecule has 0 spiro atoms. The van der Waals surface area contributed by atoms with Crippen LogP contribution in [0.1, 0.15) is 30.1 Å². The molecule has 1 aliphatic rings. The number of aliphatic hydroxyl groups excluding tert-OH is 1. The van der Waals surface area contributed by atoms with Gasteiger partial charge in [-0.3, -0.25) is 0 Å². The zero-order valence-electron chi connectivity index (χ0n) is 12.1. The maximum atomic E-state index is 13.0. The van der Waals surface area contributed by atoms with E-state index in [0.29, 0.717) is 23.7 Å². The van der Waals surface area contributed by atoms with Crippen LogP contribution >= 0.6 is 0 Å². The zero-order valence-corrected chi connectivity index (χ0v) is 12.1. The van der Waals surface area contributed by atoms with Crippen molar-refractivity contribution >= 4 is 5.69 Å². The quantitative estimate of drug-likeness (QED) is 0.920. The SMILES string of the molecule is N#Cc1ccc(N(CC(O)c2ccc(F)cc2)C2CC2)cc1. The smallest absolute Gasteiger partial charge is 0.123 e. The van der Waals surface area contributed by atoms with E-state index in [1.807, 2.05) is 12.1 Å². The Hall–Kier alpha value is -2.38. The minimum atomic E-state index is -0.670. The first kappa shape index (κ1) is 14.6. The largest absolute Gasteiger partial charge is 0.387 e. The van der Waals surface area contributed by atoms with Crippen LogP contribution in [0.25, 0.3) is 0 Å². The van der Waals surface area contributed by atoms with Crippen molar-refractivity contribution in [2.24, 2.45) is 0 Å². The molecular weight excluding hydrogens is 279 g/mol. The molecule has 1 aliphatic carbocycles. The molecule has 0 aromatic heterocycles. The summed E-state index contributed by atoms with van der Waals surface area (Å²) in [6.07, 6.45) is 1.54. The van der Waals surface area contributed by atoms with E-state index in [-0.39, 0.29) is 5.82 Å². The lowest BCUT2D eigenvalue weighted by atomic mass is 10.1. The van der Waals surface area contributed by atoms with Gasteiger partial charge in [0.25, 0.3) is 0 Å². The maximum Gasteiger partial charge on any atom is 0.123 e. The normalized spacial score (nSPS) is 15.1. The van der Waals surface area contributed by atoms with E-state index in [2.05, 4.69) is 11.0 Å². The molecule has 0 bridgehead atoms. The van der Waals surface area contributed by atoms with Gasteiger partial charge in [0.1, 0.15) is 5.82 Å². The molecule has 22 heavy (non-hydrogen) atoms. The molecule has 2 aromatic rings. The van der Waals surface area contributed by atoms with Crippen LogP contribution < -0.4 is 4.90 Å². The molecule has 2 aromatic carbocycles. The second kappa shape index (κ2) is 6.17. The van der Waals surface area contributed by atoms with Gasteiger partial charge in [-0.2, -0.15) is 5.26 Å². The highest BCUT2D eigenvalue weighted by Gasteiger charge is 2.30. The molecule has 1 fully saturated rings. The summed E-state index contributed by atoms with van der Waals surface area (Å²) in [5.74, 6) is -0.304. The Morgan fingerprint density at radius 2 is 1.77 bits per heavy atom. The van der Waals surface area contributed by atoms with Crippen molar-refractivity contribution in [2.75, 3.05) is 11.4 Å². The average Bonchev–Trinajstić information content (AvgIpc) is 3.38. The topological polar surface area (TPSA) is 47.3 Å². The van der Waals surface area contributed by atoms with Crippen LogP contribution in [0.2, 0.25) is 0 Å². The molecule has 0 saturated heterocycles. The summed E-state index contributed by atoms with van der Waals surface area (Å²) in [5.41, 5.74) is 2.34. The summed E-state index contributed by atoms with van der Waals surface area (Å²) in [7, 11) is 0. The Bertz CT molecular complexity index is 672. The third-order valence-electron chi connectivity index (χ3n) is 3.94. The summed E-state index contributed by atoms with van der Waals surface area (Å²) >= 11 is 0. The standard InChI is InChI=1S/C18H17FN2O/c19-15-5-3-14(4-6-15)18(22)12-21(17-9-10-17)16-7-1-13(11-20)2-8-16/h1-8,17-18,22H,9-10,12H2. The minimum Gasteiger partial charge on any atom is -0.387 e. The Kier molecular flexibility index (Phi) is 4.08. The average molecular weight is 296 g/mol. The van der Waals surface area contributed by atoms with E-state index in [0.717, 1.165) is 18.5 Å². The van der Waals surface area contributed by atoms with Gasteiger partial charge in [-0.15, -0.1) is 0 Å². The Labute approximate surface area is 129 Å². The van der Waals surface area contributed by atoms with Gasteiger partial charge in [0.2, 0.25) is 0 Å². The second-order valence-corrected chi connectivity index (χ2v) is 5.61. The minimum absolute atomic E-state index is 0.304. The van der Waals surface area contributed by atoms with E-state index >= 15 is 0 Å². The van der Waals surface area contributed by atoms with Crippen molar-refractivity contribution in [3.8, 4) is 6.07 Å². The predicted octanol–water partition coefficient (Wildman–Crippen LogP) is 3.40. The summed E-state index contributed by atoms with van der Waals surface area (Å²) in [6.45, 7) is 0.461. The summed E-state index contributed by atoms with van der Waals surface area (Å²) in [5, 5.41) is 19.3. The van der Waals surface area contributed by atoms with Crippen molar-refractivity contribution in [3.05, 3.63) is 65.5 Å². The number of benzene rings is 2. The van der Waals surface area contributed by atoms with Gasteiger partial charge in [0.05, 0.1) is 17.7 Å². The van der Waals surface area contributed by atoms with Crippen LogP contribution in [0.15, 0.2) is 48.5 Å². The number of anilines is 1. The number of hydrogen-bond acceptors (Lipinski definition) is 3. The lowest BCUT2D eigenvalue weighted by molar-refractivity contribution is 0.183. The fourth-order valence-electron chi connectivity index (χ4n) is 2.56. The molecule has 0 amide bonds. The molecule has 4 heteroatoms. The van der Waals surface area contributed by atoms with Crippen molar-refractivity contribution in [1.29, 1.82) is 5.26 Å². The van der Waals surface area contributed by atoms with Crippen molar-refractivity contribution in [1.82, 2.24) is 0 Å². The number of nitriles is 1. The lowest BCUT2D eigenvalue weighted by Gasteiger charge is -2.27. The van der Waals surface area contributed by atoms with Crippen molar-refractivity contribution < 1.29 is 9.50 Å². The lowest BCUT2D eigenvalue weighted by Crippen LogP contribution is -2.30. The molecule has 0 heterocycles. The number of aliphatic hydroxyl groups is 1. The summed E-state index contributed by atoms with van der Waals surface area (Å²) in [6, 6.07) is 15.9. The molecule has 0 radical (unpaired) electrons. The second-order valence-electron chi connectivity index (χ2n) is 5.61. The molecule has 1 atom stereocenters. The molecule has 1 unspecified atom stereocenters. The maximum absolute atomic E-state index is 13.0. The van der Waals surface area contributed by atoms with Crippen molar-refractivity contribution in [3.63, 3.8) is 0 Å². The van der Waals surface area contributed by atoms with Gasteiger partial charge in [0, 0.05) is 18.3 Å². The summed E-state index contributed by atoms with van der Waals surface area (Å²) < 4.78 is 13.0. The Morgan fingerprint density at radius 1 is 1.14 bits per heavy atom. The molecule has 1 N–H and O–H groups in total.